The summed E-state index contributed by atoms with van der Waals surface area (Å²) in [6, 6.07) is 12.2. The van der Waals surface area contributed by atoms with Gasteiger partial charge in [0.1, 0.15) is 11.5 Å². The van der Waals surface area contributed by atoms with E-state index in [0.29, 0.717) is 11.4 Å². The number of rotatable bonds is 4. The van der Waals surface area contributed by atoms with Gasteiger partial charge in [0.25, 0.3) is 0 Å². The highest BCUT2D eigenvalue weighted by molar-refractivity contribution is 5.80. The number of aromatic nitrogens is 4. The average molecular weight is 390 g/mol. The molecule has 0 fully saturated rings. The molecule has 0 aliphatic heterocycles. The summed E-state index contributed by atoms with van der Waals surface area (Å²) in [5.41, 5.74) is 10.5. The van der Waals surface area contributed by atoms with Crippen molar-refractivity contribution in [1.82, 2.24) is 24.3 Å². The zero-order valence-electron chi connectivity index (χ0n) is 16.9. The van der Waals surface area contributed by atoms with E-state index in [0.717, 1.165) is 22.5 Å². The van der Waals surface area contributed by atoms with Gasteiger partial charge in [-0.3, -0.25) is 4.40 Å². The molecular weight excluding hydrogens is 367 g/mol. The number of nitrogen functional groups attached to an aromatic ring is 1. The molecule has 0 radical (unpaired) electrons. The van der Waals surface area contributed by atoms with Gasteiger partial charge < -0.3 is 10.6 Å². The van der Waals surface area contributed by atoms with Crippen LogP contribution in [-0.4, -0.2) is 38.3 Å². The Morgan fingerprint density at radius 1 is 1.03 bits per heavy atom. The van der Waals surface area contributed by atoms with Crippen LogP contribution in [0.5, 0.6) is 0 Å². The van der Waals surface area contributed by atoms with Gasteiger partial charge in [-0.2, -0.15) is 0 Å². The Hall–Kier alpha value is -3.32. The standard InChI is InChI=1S/C22H23FN6/c1-22(2,28(3)4)15-10-12-29-18(13-15)27-19(14-5-7-16(23)8-6-14)20(29)17-9-11-25-21(24)26-17/h5-13H,1-4H3,(H2,24,25,26). The van der Waals surface area contributed by atoms with Crippen LogP contribution in [0, 0.1) is 5.82 Å². The van der Waals surface area contributed by atoms with Crippen LogP contribution < -0.4 is 5.73 Å². The molecule has 0 aliphatic rings. The van der Waals surface area contributed by atoms with E-state index in [4.69, 9.17) is 10.7 Å². The van der Waals surface area contributed by atoms with Crippen LogP contribution in [0.1, 0.15) is 19.4 Å². The Morgan fingerprint density at radius 3 is 2.41 bits per heavy atom. The molecule has 4 aromatic rings. The smallest absolute Gasteiger partial charge is 0.220 e. The highest BCUT2D eigenvalue weighted by Gasteiger charge is 2.25. The number of fused-ring (bicyclic) bond motifs is 1. The maximum Gasteiger partial charge on any atom is 0.220 e. The molecule has 7 heteroatoms. The summed E-state index contributed by atoms with van der Waals surface area (Å²) in [4.78, 5) is 15.4. The SMILES string of the molecule is CN(C)C(C)(C)c1ccn2c(-c3ccnc(N)n3)c(-c3ccc(F)cc3)nc2c1. The van der Waals surface area contributed by atoms with Gasteiger partial charge >= 0.3 is 0 Å². The van der Waals surface area contributed by atoms with Crippen LogP contribution in [0.3, 0.4) is 0 Å². The van der Waals surface area contributed by atoms with E-state index in [9.17, 15) is 4.39 Å². The molecule has 0 saturated carbocycles. The topological polar surface area (TPSA) is 72.3 Å². The number of nitrogens with two attached hydrogens (primary N) is 1. The number of imidazole rings is 1. The third-order valence-electron chi connectivity index (χ3n) is 5.49. The van der Waals surface area contributed by atoms with E-state index in [2.05, 4.69) is 54.9 Å². The lowest BCUT2D eigenvalue weighted by Crippen LogP contribution is -2.35. The van der Waals surface area contributed by atoms with E-state index >= 15 is 0 Å². The first-order chi connectivity index (χ1) is 13.8. The van der Waals surface area contributed by atoms with Crippen molar-refractivity contribution in [1.29, 1.82) is 0 Å². The number of halogens is 1. The highest BCUT2D eigenvalue weighted by Crippen LogP contribution is 2.34. The minimum Gasteiger partial charge on any atom is -0.368 e. The molecule has 0 aliphatic carbocycles. The molecule has 6 nitrogen and oxygen atoms in total. The van der Waals surface area contributed by atoms with Crippen molar-refractivity contribution in [3.8, 4) is 22.6 Å². The number of benzene rings is 1. The van der Waals surface area contributed by atoms with Crippen molar-refractivity contribution in [2.45, 2.75) is 19.4 Å². The molecule has 0 atom stereocenters. The fourth-order valence-electron chi connectivity index (χ4n) is 3.24. The van der Waals surface area contributed by atoms with E-state index in [1.807, 2.05) is 10.6 Å². The molecule has 0 amide bonds. The molecule has 0 unspecified atom stereocenters. The fourth-order valence-corrected chi connectivity index (χ4v) is 3.24. The highest BCUT2D eigenvalue weighted by atomic mass is 19.1. The van der Waals surface area contributed by atoms with Crippen molar-refractivity contribution >= 4 is 11.6 Å². The van der Waals surface area contributed by atoms with Crippen LogP contribution in [0.4, 0.5) is 10.3 Å². The Morgan fingerprint density at radius 2 is 1.76 bits per heavy atom. The third kappa shape index (κ3) is 3.34. The molecule has 0 bridgehead atoms. The summed E-state index contributed by atoms with van der Waals surface area (Å²) in [7, 11) is 4.10. The summed E-state index contributed by atoms with van der Waals surface area (Å²) in [5, 5.41) is 0. The summed E-state index contributed by atoms with van der Waals surface area (Å²) >= 11 is 0. The van der Waals surface area contributed by atoms with Crippen LogP contribution in [0.15, 0.2) is 54.9 Å². The molecule has 0 spiro atoms. The van der Waals surface area contributed by atoms with E-state index < -0.39 is 0 Å². The Kier molecular flexibility index (Phi) is 4.55. The first-order valence-corrected chi connectivity index (χ1v) is 9.32. The van der Waals surface area contributed by atoms with Gasteiger partial charge in [0.05, 0.1) is 17.1 Å². The van der Waals surface area contributed by atoms with Crippen LogP contribution in [0.2, 0.25) is 0 Å². The summed E-state index contributed by atoms with van der Waals surface area (Å²) in [6.45, 7) is 4.32. The summed E-state index contributed by atoms with van der Waals surface area (Å²) < 4.78 is 15.5. The maximum atomic E-state index is 13.5. The number of hydrogen-bond donors (Lipinski definition) is 1. The molecule has 148 valence electrons. The zero-order valence-corrected chi connectivity index (χ0v) is 16.9. The molecule has 1 aromatic carbocycles. The van der Waals surface area contributed by atoms with Crippen LogP contribution in [-0.2, 0) is 5.54 Å². The van der Waals surface area contributed by atoms with Crippen molar-refractivity contribution in [2.24, 2.45) is 0 Å². The molecule has 0 saturated heterocycles. The quantitative estimate of drug-likeness (QED) is 0.571. The number of pyridine rings is 1. The number of nitrogens with zero attached hydrogens (tertiary/aromatic N) is 5. The predicted octanol–water partition coefficient (Wildman–Crippen LogP) is 3.98. The molecule has 3 heterocycles. The maximum absolute atomic E-state index is 13.5. The van der Waals surface area contributed by atoms with E-state index in [1.165, 1.54) is 12.1 Å². The molecule has 29 heavy (non-hydrogen) atoms. The second-order valence-electron chi connectivity index (χ2n) is 7.71. The van der Waals surface area contributed by atoms with Gasteiger partial charge in [-0.1, -0.05) is 0 Å². The van der Waals surface area contributed by atoms with Crippen LogP contribution >= 0.6 is 0 Å². The lowest BCUT2D eigenvalue weighted by molar-refractivity contribution is 0.197. The van der Waals surface area contributed by atoms with Gasteiger partial charge in [-0.25, -0.2) is 19.3 Å². The van der Waals surface area contributed by atoms with E-state index in [1.54, 1.807) is 24.4 Å². The van der Waals surface area contributed by atoms with Crippen molar-refractivity contribution in [2.75, 3.05) is 19.8 Å². The van der Waals surface area contributed by atoms with Gasteiger partial charge in [-0.15, -0.1) is 0 Å². The normalized spacial score (nSPS) is 12.1. The Labute approximate surface area is 168 Å². The van der Waals surface area contributed by atoms with Crippen molar-refractivity contribution < 1.29 is 4.39 Å². The lowest BCUT2D eigenvalue weighted by atomic mass is 9.94. The second kappa shape index (κ2) is 6.93. The molecular formula is C22H23FN6. The van der Waals surface area contributed by atoms with Gasteiger partial charge in [-0.05, 0) is 76.0 Å². The zero-order chi connectivity index (χ0) is 20.8. The molecule has 4 rings (SSSR count). The Bertz CT molecular complexity index is 1180. The first-order valence-electron chi connectivity index (χ1n) is 9.32. The van der Waals surface area contributed by atoms with Gasteiger partial charge in [0.2, 0.25) is 5.95 Å². The minimum absolute atomic E-state index is 0.163. The Balaban J connectivity index is 1.99. The lowest BCUT2D eigenvalue weighted by Gasteiger charge is -2.33. The van der Waals surface area contributed by atoms with Gasteiger partial charge in [0, 0.05) is 23.5 Å². The number of hydrogen-bond acceptors (Lipinski definition) is 5. The summed E-state index contributed by atoms with van der Waals surface area (Å²) in [6.07, 6.45) is 3.61. The first kappa shape index (κ1) is 19.0. The predicted molar refractivity (Wildman–Crippen MR) is 113 cm³/mol. The molecule has 3 aromatic heterocycles. The van der Waals surface area contributed by atoms with Crippen molar-refractivity contribution in [3.63, 3.8) is 0 Å². The largest absolute Gasteiger partial charge is 0.368 e. The third-order valence-corrected chi connectivity index (χ3v) is 5.49. The monoisotopic (exact) mass is 390 g/mol. The minimum atomic E-state index is -0.291. The molecule has 2 N–H and O–H groups in total. The van der Waals surface area contributed by atoms with Crippen molar-refractivity contribution in [3.05, 3.63) is 66.2 Å². The fraction of sp³-hybridized carbons (Fsp3) is 0.227. The second-order valence-corrected chi connectivity index (χ2v) is 7.71. The number of anilines is 1. The summed E-state index contributed by atoms with van der Waals surface area (Å²) in [5.74, 6) is -0.103. The van der Waals surface area contributed by atoms with E-state index in [-0.39, 0.29) is 17.3 Å². The van der Waals surface area contributed by atoms with Gasteiger partial charge in [0.15, 0.2) is 0 Å². The van der Waals surface area contributed by atoms with Crippen LogP contribution in [0.25, 0.3) is 28.3 Å². The average Bonchev–Trinajstić information content (AvgIpc) is 3.07.